The van der Waals surface area contributed by atoms with Crippen molar-refractivity contribution in [3.05, 3.63) is 28.7 Å². The highest BCUT2D eigenvalue weighted by Crippen LogP contribution is 2.17. The Balaban J connectivity index is 1.80. The standard InChI is InChI=1S/C14H19BrN2O2/c1-2-13-14(18)17(7-6-16-13)8-9-19-12-5-3-4-11(15)10-12/h3-5,10,13,16H,2,6-9H2,1H3. The fourth-order valence-electron chi connectivity index (χ4n) is 2.16. The Bertz CT molecular complexity index is 439. The molecule has 1 amide bonds. The predicted molar refractivity (Wildman–Crippen MR) is 78.3 cm³/mol. The molecule has 0 saturated carbocycles. The summed E-state index contributed by atoms with van der Waals surface area (Å²) in [6.07, 6.45) is 0.835. The lowest BCUT2D eigenvalue weighted by Gasteiger charge is -2.32. The van der Waals surface area contributed by atoms with Crippen molar-refractivity contribution in [2.24, 2.45) is 0 Å². The number of hydrogen-bond acceptors (Lipinski definition) is 3. The second-order valence-electron chi connectivity index (χ2n) is 4.55. The molecule has 104 valence electrons. The molecule has 4 nitrogen and oxygen atoms in total. The molecule has 1 N–H and O–H groups in total. The van der Waals surface area contributed by atoms with Gasteiger partial charge in [0.15, 0.2) is 0 Å². The van der Waals surface area contributed by atoms with Crippen molar-refractivity contribution in [1.29, 1.82) is 0 Å². The third kappa shape index (κ3) is 3.94. The molecule has 5 heteroatoms. The van der Waals surface area contributed by atoms with Crippen molar-refractivity contribution in [2.45, 2.75) is 19.4 Å². The smallest absolute Gasteiger partial charge is 0.239 e. The summed E-state index contributed by atoms with van der Waals surface area (Å²) in [5.41, 5.74) is 0. The number of hydrogen-bond donors (Lipinski definition) is 1. The first kappa shape index (κ1) is 14.3. The van der Waals surface area contributed by atoms with Crippen molar-refractivity contribution >= 4 is 21.8 Å². The van der Waals surface area contributed by atoms with Crippen LogP contribution in [0.1, 0.15) is 13.3 Å². The van der Waals surface area contributed by atoms with Gasteiger partial charge in [0.05, 0.1) is 12.6 Å². The van der Waals surface area contributed by atoms with Crippen molar-refractivity contribution in [3.8, 4) is 5.75 Å². The molecule has 1 aromatic rings. The number of ether oxygens (including phenoxy) is 1. The van der Waals surface area contributed by atoms with Gasteiger partial charge in [-0.3, -0.25) is 4.79 Å². The van der Waals surface area contributed by atoms with Crippen molar-refractivity contribution in [1.82, 2.24) is 10.2 Å². The zero-order valence-electron chi connectivity index (χ0n) is 11.1. The van der Waals surface area contributed by atoms with Gasteiger partial charge in [-0.15, -0.1) is 0 Å². The van der Waals surface area contributed by atoms with Gasteiger partial charge in [0.1, 0.15) is 12.4 Å². The maximum absolute atomic E-state index is 12.1. The van der Waals surface area contributed by atoms with Gasteiger partial charge in [0.2, 0.25) is 5.91 Å². The molecule has 0 aromatic heterocycles. The van der Waals surface area contributed by atoms with Crippen LogP contribution in [-0.2, 0) is 4.79 Å². The van der Waals surface area contributed by atoms with E-state index in [1.54, 1.807) is 0 Å². The number of rotatable bonds is 5. The number of nitrogens with zero attached hydrogens (tertiary/aromatic N) is 1. The monoisotopic (exact) mass is 326 g/mol. The number of nitrogens with one attached hydrogen (secondary N) is 1. The van der Waals surface area contributed by atoms with Gasteiger partial charge in [-0.05, 0) is 24.6 Å². The van der Waals surface area contributed by atoms with E-state index in [1.807, 2.05) is 36.1 Å². The van der Waals surface area contributed by atoms with Crippen LogP contribution in [0.5, 0.6) is 5.75 Å². The van der Waals surface area contributed by atoms with Gasteiger partial charge in [-0.25, -0.2) is 0 Å². The Morgan fingerprint density at radius 2 is 2.37 bits per heavy atom. The van der Waals surface area contributed by atoms with Gasteiger partial charge in [0, 0.05) is 17.6 Å². The molecule has 1 saturated heterocycles. The average molecular weight is 327 g/mol. The van der Waals surface area contributed by atoms with Crippen molar-refractivity contribution < 1.29 is 9.53 Å². The molecule has 0 radical (unpaired) electrons. The van der Waals surface area contributed by atoms with Gasteiger partial charge < -0.3 is 15.0 Å². The molecule has 0 aliphatic carbocycles. The molecule has 0 bridgehead atoms. The number of carbonyl (C=O) groups excluding carboxylic acids is 1. The lowest BCUT2D eigenvalue weighted by Crippen LogP contribution is -2.55. The largest absolute Gasteiger partial charge is 0.492 e. The van der Waals surface area contributed by atoms with Crippen LogP contribution in [0.3, 0.4) is 0 Å². The molecule has 19 heavy (non-hydrogen) atoms. The molecule has 1 heterocycles. The van der Waals surface area contributed by atoms with E-state index < -0.39 is 0 Å². The molecule has 1 fully saturated rings. The summed E-state index contributed by atoms with van der Waals surface area (Å²) in [5, 5.41) is 3.23. The molecular weight excluding hydrogens is 308 g/mol. The van der Waals surface area contributed by atoms with Crippen LogP contribution in [0.15, 0.2) is 28.7 Å². The molecule has 1 aliphatic heterocycles. The van der Waals surface area contributed by atoms with E-state index in [1.165, 1.54) is 0 Å². The number of carbonyl (C=O) groups is 1. The van der Waals surface area contributed by atoms with E-state index in [9.17, 15) is 4.79 Å². The van der Waals surface area contributed by atoms with E-state index in [0.717, 1.165) is 29.7 Å². The summed E-state index contributed by atoms with van der Waals surface area (Å²) in [6, 6.07) is 7.70. The van der Waals surface area contributed by atoms with E-state index in [2.05, 4.69) is 21.2 Å². The Hall–Kier alpha value is -1.07. The molecule has 1 aromatic carbocycles. The number of piperazine rings is 1. The fraction of sp³-hybridized carbons (Fsp3) is 0.500. The normalized spacial score (nSPS) is 19.6. The Morgan fingerprint density at radius 1 is 1.53 bits per heavy atom. The topological polar surface area (TPSA) is 41.6 Å². The van der Waals surface area contributed by atoms with Crippen LogP contribution in [0, 0.1) is 0 Å². The quantitative estimate of drug-likeness (QED) is 0.900. The summed E-state index contributed by atoms with van der Waals surface area (Å²) in [5.74, 6) is 1.01. The SMILES string of the molecule is CCC1NCCN(CCOc2cccc(Br)c2)C1=O. The molecule has 1 unspecified atom stereocenters. The first-order valence-electron chi connectivity index (χ1n) is 6.61. The van der Waals surface area contributed by atoms with Crippen LogP contribution in [0.25, 0.3) is 0 Å². The second kappa shape index (κ2) is 6.91. The average Bonchev–Trinajstić information content (AvgIpc) is 2.41. The highest BCUT2D eigenvalue weighted by molar-refractivity contribution is 9.10. The van der Waals surface area contributed by atoms with Crippen LogP contribution in [0.4, 0.5) is 0 Å². The van der Waals surface area contributed by atoms with Gasteiger partial charge >= 0.3 is 0 Å². The minimum atomic E-state index is -0.0281. The maximum atomic E-state index is 12.1. The summed E-state index contributed by atoms with van der Waals surface area (Å²) >= 11 is 3.40. The number of halogens is 1. The fourth-order valence-corrected chi connectivity index (χ4v) is 2.54. The minimum absolute atomic E-state index is 0.0281. The van der Waals surface area contributed by atoms with Crippen LogP contribution in [-0.4, -0.2) is 43.1 Å². The summed E-state index contributed by atoms with van der Waals surface area (Å²) < 4.78 is 6.66. The molecular formula is C14H19BrN2O2. The van der Waals surface area contributed by atoms with E-state index in [-0.39, 0.29) is 11.9 Å². The predicted octanol–water partition coefficient (Wildman–Crippen LogP) is 2.04. The van der Waals surface area contributed by atoms with E-state index in [0.29, 0.717) is 13.2 Å². The lowest BCUT2D eigenvalue weighted by molar-refractivity contribution is -0.136. The van der Waals surface area contributed by atoms with Crippen LogP contribution in [0.2, 0.25) is 0 Å². The summed E-state index contributed by atoms with van der Waals surface area (Å²) in [7, 11) is 0. The van der Waals surface area contributed by atoms with E-state index in [4.69, 9.17) is 4.74 Å². The summed E-state index contributed by atoms with van der Waals surface area (Å²) in [4.78, 5) is 13.9. The number of benzene rings is 1. The highest BCUT2D eigenvalue weighted by atomic mass is 79.9. The Labute approximate surface area is 122 Å². The molecule has 1 atom stereocenters. The zero-order valence-corrected chi connectivity index (χ0v) is 12.6. The number of amides is 1. The Morgan fingerprint density at radius 3 is 3.11 bits per heavy atom. The Kier molecular flexibility index (Phi) is 5.22. The first-order valence-corrected chi connectivity index (χ1v) is 7.40. The van der Waals surface area contributed by atoms with Crippen molar-refractivity contribution in [2.75, 3.05) is 26.2 Å². The third-order valence-corrected chi connectivity index (χ3v) is 3.71. The highest BCUT2D eigenvalue weighted by Gasteiger charge is 2.26. The van der Waals surface area contributed by atoms with Gasteiger partial charge in [0.25, 0.3) is 0 Å². The molecule has 0 spiro atoms. The van der Waals surface area contributed by atoms with Crippen LogP contribution < -0.4 is 10.1 Å². The van der Waals surface area contributed by atoms with Gasteiger partial charge in [-0.1, -0.05) is 28.9 Å². The van der Waals surface area contributed by atoms with Crippen LogP contribution >= 0.6 is 15.9 Å². The second-order valence-corrected chi connectivity index (χ2v) is 5.46. The minimum Gasteiger partial charge on any atom is -0.492 e. The zero-order chi connectivity index (χ0) is 13.7. The molecule has 2 rings (SSSR count). The maximum Gasteiger partial charge on any atom is 0.239 e. The third-order valence-electron chi connectivity index (χ3n) is 3.22. The molecule has 1 aliphatic rings. The first-order chi connectivity index (χ1) is 9.20. The van der Waals surface area contributed by atoms with E-state index >= 15 is 0 Å². The van der Waals surface area contributed by atoms with Gasteiger partial charge in [-0.2, -0.15) is 0 Å². The van der Waals surface area contributed by atoms with Crippen molar-refractivity contribution in [3.63, 3.8) is 0 Å². The lowest BCUT2D eigenvalue weighted by atomic mass is 10.1. The summed E-state index contributed by atoms with van der Waals surface area (Å²) in [6.45, 7) is 4.82.